The Morgan fingerprint density at radius 3 is 2.70 bits per heavy atom. The number of amides is 1. The third-order valence-electron chi connectivity index (χ3n) is 5.65. The molecule has 1 aromatic rings. The Labute approximate surface area is 119 Å². The summed E-state index contributed by atoms with van der Waals surface area (Å²) in [7, 11) is 0. The summed E-state index contributed by atoms with van der Waals surface area (Å²) >= 11 is 0. The van der Waals surface area contributed by atoms with Gasteiger partial charge in [0.05, 0.1) is 0 Å². The zero-order valence-corrected chi connectivity index (χ0v) is 11.6. The van der Waals surface area contributed by atoms with Crippen LogP contribution in [0.3, 0.4) is 0 Å². The summed E-state index contributed by atoms with van der Waals surface area (Å²) in [6.45, 7) is 0. The van der Waals surface area contributed by atoms with Gasteiger partial charge >= 0.3 is 6.09 Å². The molecular formula is C17H21NO2. The molecule has 3 nitrogen and oxygen atoms in total. The Bertz CT molecular complexity index is 501. The number of hydrogen-bond donors (Lipinski definition) is 1. The van der Waals surface area contributed by atoms with E-state index in [1.807, 2.05) is 30.3 Å². The third kappa shape index (κ3) is 2.00. The first-order chi connectivity index (χ1) is 9.81. The minimum atomic E-state index is -0.289. The minimum absolute atomic E-state index is 0.156. The zero-order valence-electron chi connectivity index (χ0n) is 11.6. The van der Waals surface area contributed by atoms with Crippen LogP contribution in [0.2, 0.25) is 0 Å². The van der Waals surface area contributed by atoms with Gasteiger partial charge in [-0.25, -0.2) is 4.79 Å². The second kappa shape index (κ2) is 4.80. The van der Waals surface area contributed by atoms with Gasteiger partial charge in [0.25, 0.3) is 0 Å². The molecule has 0 saturated heterocycles. The van der Waals surface area contributed by atoms with Crippen molar-refractivity contribution in [1.29, 1.82) is 0 Å². The fraction of sp³-hybridized carbons (Fsp3) is 0.588. The molecule has 5 atom stereocenters. The van der Waals surface area contributed by atoms with E-state index in [9.17, 15) is 4.79 Å². The van der Waals surface area contributed by atoms with Gasteiger partial charge in [0.2, 0.25) is 0 Å². The highest BCUT2D eigenvalue weighted by atomic mass is 16.6. The SMILES string of the molecule is O=C(Nc1ccccc1)O[C@H]1C[C@H]2C[C@@H]1[C@H]1CCC[C@@H]21. The molecule has 1 amide bonds. The van der Waals surface area contributed by atoms with Crippen LogP contribution >= 0.6 is 0 Å². The second-order valence-corrected chi connectivity index (χ2v) is 6.59. The Morgan fingerprint density at radius 1 is 1.05 bits per heavy atom. The molecule has 0 unspecified atom stereocenters. The molecular weight excluding hydrogens is 250 g/mol. The van der Waals surface area contributed by atoms with E-state index in [2.05, 4.69) is 5.32 Å². The van der Waals surface area contributed by atoms with E-state index in [0.29, 0.717) is 5.92 Å². The molecule has 0 radical (unpaired) electrons. The highest BCUT2D eigenvalue weighted by Gasteiger charge is 2.55. The molecule has 3 fully saturated rings. The summed E-state index contributed by atoms with van der Waals surface area (Å²) in [5.41, 5.74) is 0.805. The molecule has 0 aliphatic heterocycles. The lowest BCUT2D eigenvalue weighted by molar-refractivity contribution is 0.0431. The first kappa shape index (κ1) is 12.2. The van der Waals surface area contributed by atoms with Gasteiger partial charge in [0.15, 0.2) is 0 Å². The average Bonchev–Trinajstić information content (AvgIpc) is 3.11. The molecule has 0 heterocycles. The third-order valence-corrected chi connectivity index (χ3v) is 5.65. The number of benzene rings is 1. The topological polar surface area (TPSA) is 38.3 Å². The van der Waals surface area contributed by atoms with Crippen LogP contribution in [0, 0.1) is 23.7 Å². The largest absolute Gasteiger partial charge is 0.446 e. The summed E-state index contributed by atoms with van der Waals surface area (Å²) in [6.07, 6.45) is 6.39. The van der Waals surface area contributed by atoms with E-state index in [-0.39, 0.29) is 12.2 Å². The molecule has 3 heteroatoms. The number of carbonyl (C=O) groups excluding carboxylic acids is 1. The van der Waals surface area contributed by atoms with Crippen molar-refractivity contribution in [1.82, 2.24) is 0 Å². The molecule has 0 aromatic heterocycles. The van der Waals surface area contributed by atoms with Gasteiger partial charge in [-0.3, -0.25) is 5.32 Å². The van der Waals surface area contributed by atoms with E-state index in [1.165, 1.54) is 25.7 Å². The standard InChI is InChI=1S/C17H21NO2/c19-17(18-12-5-2-1-3-6-12)20-16-10-11-9-15(16)14-8-4-7-13(11)14/h1-3,5-6,11,13-16H,4,7-10H2,(H,18,19)/t11-,13+,14+,15-,16+/m1/s1. The highest BCUT2D eigenvalue weighted by molar-refractivity contribution is 5.84. The predicted octanol–water partition coefficient (Wildman–Crippen LogP) is 4.06. The lowest BCUT2D eigenvalue weighted by atomic mass is 9.80. The monoisotopic (exact) mass is 271 g/mol. The van der Waals surface area contributed by atoms with Crippen LogP contribution in [-0.4, -0.2) is 12.2 Å². The lowest BCUT2D eigenvalue weighted by Crippen LogP contribution is -2.33. The number of fused-ring (bicyclic) bond motifs is 5. The molecule has 2 bridgehead atoms. The molecule has 1 aromatic carbocycles. The number of para-hydroxylation sites is 1. The maximum Gasteiger partial charge on any atom is 0.411 e. The summed E-state index contributed by atoms with van der Waals surface area (Å²) in [6, 6.07) is 9.53. The van der Waals surface area contributed by atoms with Crippen LogP contribution in [0.25, 0.3) is 0 Å². The Kier molecular flexibility index (Phi) is 2.94. The molecule has 3 saturated carbocycles. The summed E-state index contributed by atoms with van der Waals surface area (Å²) < 4.78 is 5.71. The molecule has 0 spiro atoms. The van der Waals surface area contributed by atoms with Crippen molar-refractivity contribution in [2.45, 2.75) is 38.2 Å². The number of hydrogen-bond acceptors (Lipinski definition) is 2. The van der Waals surface area contributed by atoms with Crippen molar-refractivity contribution in [3.05, 3.63) is 30.3 Å². The number of anilines is 1. The molecule has 3 aliphatic rings. The minimum Gasteiger partial charge on any atom is -0.446 e. The average molecular weight is 271 g/mol. The van der Waals surface area contributed by atoms with Gasteiger partial charge in [-0.1, -0.05) is 24.6 Å². The number of rotatable bonds is 2. The maximum atomic E-state index is 12.0. The Balaban J connectivity index is 1.37. The fourth-order valence-electron chi connectivity index (χ4n) is 4.95. The van der Waals surface area contributed by atoms with Crippen molar-refractivity contribution >= 4 is 11.8 Å². The van der Waals surface area contributed by atoms with Gasteiger partial charge in [-0.15, -0.1) is 0 Å². The van der Waals surface area contributed by atoms with Crippen LogP contribution in [-0.2, 0) is 4.74 Å². The van der Waals surface area contributed by atoms with Crippen LogP contribution in [0.5, 0.6) is 0 Å². The van der Waals surface area contributed by atoms with Crippen LogP contribution in [0.4, 0.5) is 10.5 Å². The second-order valence-electron chi connectivity index (χ2n) is 6.59. The van der Waals surface area contributed by atoms with E-state index in [0.717, 1.165) is 29.9 Å². The highest BCUT2D eigenvalue weighted by Crippen LogP contribution is 2.59. The van der Waals surface area contributed by atoms with E-state index in [1.54, 1.807) is 0 Å². The van der Waals surface area contributed by atoms with Gasteiger partial charge < -0.3 is 4.74 Å². The summed E-state index contributed by atoms with van der Waals surface area (Å²) in [4.78, 5) is 12.0. The maximum absolute atomic E-state index is 12.0. The van der Waals surface area contributed by atoms with E-state index < -0.39 is 0 Å². The molecule has 4 rings (SSSR count). The van der Waals surface area contributed by atoms with Gasteiger partial charge in [-0.2, -0.15) is 0 Å². The molecule has 106 valence electrons. The molecule has 1 N–H and O–H groups in total. The van der Waals surface area contributed by atoms with E-state index >= 15 is 0 Å². The van der Waals surface area contributed by atoms with E-state index in [4.69, 9.17) is 4.74 Å². The van der Waals surface area contributed by atoms with Crippen molar-refractivity contribution in [3.8, 4) is 0 Å². The first-order valence-electron chi connectivity index (χ1n) is 7.84. The van der Waals surface area contributed by atoms with Crippen molar-refractivity contribution < 1.29 is 9.53 Å². The summed E-state index contributed by atoms with van der Waals surface area (Å²) in [5, 5.41) is 2.83. The lowest BCUT2D eigenvalue weighted by Gasteiger charge is -2.31. The smallest absolute Gasteiger partial charge is 0.411 e. The Morgan fingerprint density at radius 2 is 1.85 bits per heavy atom. The van der Waals surface area contributed by atoms with Gasteiger partial charge in [0.1, 0.15) is 6.10 Å². The fourth-order valence-corrected chi connectivity index (χ4v) is 4.95. The normalized spacial score (nSPS) is 37.7. The number of carbonyl (C=O) groups is 1. The quantitative estimate of drug-likeness (QED) is 0.881. The number of ether oxygens (including phenoxy) is 1. The van der Waals surface area contributed by atoms with Crippen molar-refractivity contribution in [3.63, 3.8) is 0 Å². The zero-order chi connectivity index (χ0) is 13.5. The van der Waals surface area contributed by atoms with Gasteiger partial charge in [-0.05, 0) is 61.5 Å². The van der Waals surface area contributed by atoms with Crippen molar-refractivity contribution in [2.75, 3.05) is 5.32 Å². The van der Waals surface area contributed by atoms with Crippen LogP contribution in [0.15, 0.2) is 30.3 Å². The van der Waals surface area contributed by atoms with Crippen LogP contribution < -0.4 is 5.32 Å². The molecule has 20 heavy (non-hydrogen) atoms. The van der Waals surface area contributed by atoms with Crippen LogP contribution in [0.1, 0.15) is 32.1 Å². The summed E-state index contributed by atoms with van der Waals surface area (Å²) in [5.74, 6) is 3.23. The number of nitrogens with one attached hydrogen (secondary N) is 1. The predicted molar refractivity (Wildman–Crippen MR) is 77.4 cm³/mol. The molecule has 3 aliphatic carbocycles. The Hall–Kier alpha value is -1.51. The first-order valence-corrected chi connectivity index (χ1v) is 7.84. The van der Waals surface area contributed by atoms with Crippen molar-refractivity contribution in [2.24, 2.45) is 23.7 Å². The van der Waals surface area contributed by atoms with Gasteiger partial charge in [0, 0.05) is 5.69 Å².